The normalized spacial score (nSPS) is 14.4. The number of nitrogens with zero attached hydrogens (tertiary/aromatic N) is 1. The number of carbonyl (C=O) groups excluding carboxylic acids is 2. The molecule has 0 spiro atoms. The first-order chi connectivity index (χ1) is 9.64. The maximum atomic E-state index is 12.2. The third kappa shape index (κ3) is 5.21. The summed E-state index contributed by atoms with van der Waals surface area (Å²) in [6, 6.07) is 0.810. The van der Waals surface area contributed by atoms with Gasteiger partial charge < -0.3 is 14.6 Å². The van der Waals surface area contributed by atoms with Gasteiger partial charge in [-0.15, -0.1) is 0 Å². The van der Waals surface area contributed by atoms with Crippen molar-refractivity contribution in [3.63, 3.8) is 0 Å². The Morgan fingerprint density at radius 1 is 1.43 bits per heavy atom. The van der Waals surface area contributed by atoms with Gasteiger partial charge in [-0.05, 0) is 33.6 Å². The van der Waals surface area contributed by atoms with Crippen LogP contribution in [0.1, 0.15) is 57.3 Å². The Labute approximate surface area is 125 Å². The van der Waals surface area contributed by atoms with E-state index in [9.17, 15) is 9.59 Å². The summed E-state index contributed by atoms with van der Waals surface area (Å²) < 4.78 is 10.3. The Hall–Kier alpha value is -1.85. The Balaban J connectivity index is 2.83. The molecule has 0 aliphatic heterocycles. The number of hydrogen-bond acceptors (Lipinski definition) is 5. The summed E-state index contributed by atoms with van der Waals surface area (Å²) in [7, 11) is 0. The van der Waals surface area contributed by atoms with Crippen molar-refractivity contribution in [1.82, 2.24) is 10.5 Å². The largest absolute Gasteiger partial charge is 0.458 e. The van der Waals surface area contributed by atoms with Crippen LogP contribution in [0.3, 0.4) is 0 Å². The zero-order valence-corrected chi connectivity index (χ0v) is 13.5. The molecule has 21 heavy (non-hydrogen) atoms. The topological polar surface area (TPSA) is 81.4 Å². The van der Waals surface area contributed by atoms with Crippen LogP contribution in [0.25, 0.3) is 0 Å². The Kier molecular flexibility index (Phi) is 5.52. The number of esters is 1. The fourth-order valence-electron chi connectivity index (χ4n) is 1.72. The molecule has 1 aromatic rings. The molecule has 0 radical (unpaired) electrons. The second-order valence-electron chi connectivity index (χ2n) is 6.20. The molecular formula is C15H24N2O4. The van der Waals surface area contributed by atoms with Crippen molar-refractivity contribution in [1.29, 1.82) is 0 Å². The van der Waals surface area contributed by atoms with E-state index in [4.69, 9.17) is 9.26 Å². The molecule has 0 unspecified atom stereocenters. The maximum absolute atomic E-state index is 12.2. The van der Waals surface area contributed by atoms with E-state index in [2.05, 4.69) is 10.5 Å². The summed E-state index contributed by atoms with van der Waals surface area (Å²) in [5, 5.41) is 6.33. The number of carbonyl (C=O) groups is 2. The molecule has 1 rings (SSSR count). The third-order valence-electron chi connectivity index (χ3n) is 3.01. The number of aryl methyl sites for hydroxylation is 1. The number of nitrogens with one attached hydrogen (secondary N) is 1. The molecule has 6 heteroatoms. The van der Waals surface area contributed by atoms with Crippen LogP contribution < -0.4 is 5.32 Å². The average Bonchev–Trinajstić information content (AvgIpc) is 2.79. The molecule has 0 bridgehead atoms. The minimum Gasteiger partial charge on any atom is -0.458 e. The summed E-state index contributed by atoms with van der Waals surface area (Å²) in [6.45, 7) is 10.9. The number of ether oxygens (including phenoxy) is 1. The molecule has 0 aromatic carbocycles. The second-order valence-corrected chi connectivity index (χ2v) is 6.20. The molecule has 1 heterocycles. The van der Waals surface area contributed by atoms with E-state index in [1.165, 1.54) is 6.07 Å². The number of rotatable bonds is 5. The first kappa shape index (κ1) is 17.2. The zero-order valence-electron chi connectivity index (χ0n) is 13.5. The van der Waals surface area contributed by atoms with Gasteiger partial charge in [-0.2, -0.15) is 0 Å². The van der Waals surface area contributed by atoms with Crippen LogP contribution in [0.4, 0.5) is 0 Å². The molecule has 0 aliphatic rings. The molecule has 0 aliphatic carbocycles. The van der Waals surface area contributed by atoms with Gasteiger partial charge in [0.15, 0.2) is 0 Å². The molecule has 118 valence electrons. The number of hydrogen-bond donors (Lipinski definition) is 1. The number of amides is 1. The van der Waals surface area contributed by atoms with Crippen molar-refractivity contribution in [2.75, 3.05) is 0 Å². The van der Waals surface area contributed by atoms with E-state index < -0.39 is 23.5 Å². The minimum atomic E-state index is -0.716. The zero-order chi connectivity index (χ0) is 16.2. The van der Waals surface area contributed by atoms with E-state index in [1.807, 2.05) is 13.8 Å². The smallest absolute Gasteiger partial charge is 0.329 e. The van der Waals surface area contributed by atoms with Crippen molar-refractivity contribution in [2.24, 2.45) is 5.92 Å². The summed E-state index contributed by atoms with van der Waals surface area (Å²) in [5.41, 5.74) is 0.00796. The van der Waals surface area contributed by atoms with Crippen LogP contribution in [0.5, 0.6) is 0 Å². The fourth-order valence-corrected chi connectivity index (χ4v) is 1.72. The van der Waals surface area contributed by atoms with Gasteiger partial charge in [0.25, 0.3) is 5.91 Å². The molecule has 1 amide bonds. The van der Waals surface area contributed by atoms with Crippen LogP contribution in [0, 0.1) is 12.8 Å². The van der Waals surface area contributed by atoms with Crippen LogP contribution in [-0.4, -0.2) is 28.7 Å². The number of aromatic nitrogens is 1. The van der Waals surface area contributed by atoms with Gasteiger partial charge in [-0.25, -0.2) is 4.79 Å². The Bertz CT molecular complexity index is 502. The molecule has 1 N–H and O–H groups in total. The van der Waals surface area contributed by atoms with Gasteiger partial charge in [-0.3, -0.25) is 4.79 Å². The van der Waals surface area contributed by atoms with Crippen molar-refractivity contribution in [2.45, 2.75) is 59.6 Å². The predicted molar refractivity (Wildman–Crippen MR) is 77.8 cm³/mol. The van der Waals surface area contributed by atoms with E-state index >= 15 is 0 Å². The lowest BCUT2D eigenvalue weighted by Crippen LogP contribution is -2.47. The Morgan fingerprint density at radius 2 is 2.05 bits per heavy atom. The lowest BCUT2D eigenvalue weighted by Gasteiger charge is -2.27. The molecular weight excluding hydrogens is 272 g/mol. The van der Waals surface area contributed by atoms with Gasteiger partial charge in [-0.1, -0.05) is 25.4 Å². The average molecular weight is 296 g/mol. The van der Waals surface area contributed by atoms with Crippen molar-refractivity contribution >= 4 is 11.9 Å². The van der Waals surface area contributed by atoms with Crippen LogP contribution >= 0.6 is 0 Å². The molecule has 0 saturated heterocycles. The van der Waals surface area contributed by atoms with Crippen molar-refractivity contribution < 1.29 is 18.8 Å². The first-order valence-corrected chi connectivity index (χ1v) is 7.11. The van der Waals surface area contributed by atoms with Crippen LogP contribution in [0.15, 0.2) is 10.6 Å². The monoisotopic (exact) mass is 296 g/mol. The van der Waals surface area contributed by atoms with Gasteiger partial charge >= 0.3 is 5.97 Å². The van der Waals surface area contributed by atoms with Crippen LogP contribution in [0.2, 0.25) is 0 Å². The van der Waals surface area contributed by atoms with Crippen LogP contribution in [-0.2, 0) is 9.53 Å². The highest BCUT2D eigenvalue weighted by Crippen LogP contribution is 2.15. The van der Waals surface area contributed by atoms with Gasteiger partial charge in [0, 0.05) is 6.07 Å². The van der Waals surface area contributed by atoms with E-state index in [1.54, 1.807) is 27.7 Å². The Morgan fingerprint density at radius 3 is 2.48 bits per heavy atom. The highest BCUT2D eigenvalue weighted by atomic mass is 16.6. The van der Waals surface area contributed by atoms with Crippen molar-refractivity contribution in [3.05, 3.63) is 17.5 Å². The predicted octanol–water partition coefficient (Wildman–Crippen LogP) is 2.47. The summed E-state index contributed by atoms with van der Waals surface area (Å²) in [5.74, 6) is -0.870. The summed E-state index contributed by atoms with van der Waals surface area (Å²) in [6.07, 6.45) is 0.736. The van der Waals surface area contributed by atoms with E-state index in [-0.39, 0.29) is 11.7 Å². The highest BCUT2D eigenvalue weighted by Gasteiger charge is 2.31. The SMILES string of the molecule is CC[C@H](C)[C@H](NC(=O)c1cc(C)no1)C(=O)OC(C)(C)C. The summed E-state index contributed by atoms with van der Waals surface area (Å²) in [4.78, 5) is 24.4. The summed E-state index contributed by atoms with van der Waals surface area (Å²) >= 11 is 0. The van der Waals surface area contributed by atoms with Crippen molar-refractivity contribution in [3.8, 4) is 0 Å². The third-order valence-corrected chi connectivity index (χ3v) is 3.01. The quantitative estimate of drug-likeness (QED) is 0.844. The first-order valence-electron chi connectivity index (χ1n) is 7.11. The minimum absolute atomic E-state index is 0.0483. The highest BCUT2D eigenvalue weighted by molar-refractivity contribution is 5.94. The fraction of sp³-hybridized carbons (Fsp3) is 0.667. The molecule has 0 saturated carbocycles. The van der Waals surface area contributed by atoms with E-state index in [0.717, 1.165) is 6.42 Å². The van der Waals surface area contributed by atoms with E-state index in [0.29, 0.717) is 5.69 Å². The lowest BCUT2D eigenvalue weighted by molar-refractivity contribution is -0.158. The van der Waals surface area contributed by atoms with Gasteiger partial charge in [0.05, 0.1) is 5.69 Å². The van der Waals surface area contributed by atoms with Gasteiger partial charge in [0.2, 0.25) is 5.76 Å². The molecule has 2 atom stereocenters. The lowest BCUT2D eigenvalue weighted by atomic mass is 9.98. The standard InChI is InChI=1S/C15H24N2O4/c1-7-9(2)12(14(19)20-15(4,5)6)16-13(18)11-8-10(3)17-21-11/h8-9,12H,7H2,1-6H3,(H,16,18)/t9-,12-/m0/s1. The second kappa shape index (κ2) is 6.74. The maximum Gasteiger partial charge on any atom is 0.329 e. The molecule has 1 aromatic heterocycles. The van der Waals surface area contributed by atoms with Gasteiger partial charge in [0.1, 0.15) is 11.6 Å². The molecule has 0 fully saturated rings. The molecule has 6 nitrogen and oxygen atoms in total.